The van der Waals surface area contributed by atoms with Gasteiger partial charge in [0.15, 0.2) is 16.3 Å². The first kappa shape index (κ1) is 25.2. The van der Waals surface area contributed by atoms with E-state index >= 15 is 0 Å². The first-order valence-corrected chi connectivity index (χ1v) is 13.7. The first-order chi connectivity index (χ1) is 19.0. The molecule has 0 fully saturated rings. The average Bonchev–Trinajstić information content (AvgIpc) is 3.27. The summed E-state index contributed by atoms with van der Waals surface area (Å²) in [4.78, 5) is 32.8. The molecule has 9 heteroatoms. The van der Waals surface area contributed by atoms with Crippen molar-refractivity contribution in [1.82, 2.24) is 4.57 Å². The van der Waals surface area contributed by atoms with Gasteiger partial charge in [-0.25, -0.2) is 9.79 Å². The Morgan fingerprint density at radius 1 is 1.08 bits per heavy atom. The molecule has 4 aromatic rings. The molecule has 6 rings (SSSR count). The predicted molar refractivity (Wildman–Crippen MR) is 150 cm³/mol. The van der Waals surface area contributed by atoms with Crippen molar-refractivity contribution in [3.05, 3.63) is 120 Å². The van der Waals surface area contributed by atoms with Crippen LogP contribution in [-0.2, 0) is 9.53 Å². The van der Waals surface area contributed by atoms with Gasteiger partial charge in [0.25, 0.3) is 5.56 Å². The van der Waals surface area contributed by atoms with Crippen molar-refractivity contribution in [1.29, 1.82) is 0 Å². The van der Waals surface area contributed by atoms with Crippen LogP contribution < -0.4 is 24.4 Å². The summed E-state index contributed by atoms with van der Waals surface area (Å²) in [5.41, 5.74) is 2.77. The smallest absolute Gasteiger partial charge is 0.338 e. The number of esters is 1. The molecule has 2 aliphatic heterocycles. The van der Waals surface area contributed by atoms with Gasteiger partial charge in [0, 0.05) is 10.6 Å². The number of carbonyl (C=O) groups is 1. The number of thiazole rings is 1. The van der Waals surface area contributed by atoms with Crippen LogP contribution in [0, 0.1) is 0 Å². The molecule has 2 aliphatic rings. The zero-order valence-electron chi connectivity index (χ0n) is 20.9. The number of hydrogen-bond acceptors (Lipinski definition) is 7. The third kappa shape index (κ3) is 4.77. The fourth-order valence-corrected chi connectivity index (χ4v) is 5.83. The summed E-state index contributed by atoms with van der Waals surface area (Å²) >= 11 is 7.45. The van der Waals surface area contributed by atoms with Crippen molar-refractivity contribution in [3.8, 4) is 11.5 Å². The summed E-state index contributed by atoms with van der Waals surface area (Å²) in [6.45, 7) is 2.91. The Bertz CT molecular complexity index is 1770. The Balaban J connectivity index is 1.60. The molecule has 0 N–H and O–H groups in total. The summed E-state index contributed by atoms with van der Waals surface area (Å²) in [5, 5.41) is 0.551. The monoisotopic (exact) mass is 558 g/mol. The van der Waals surface area contributed by atoms with E-state index in [1.807, 2.05) is 60.7 Å². The number of rotatable bonds is 5. The van der Waals surface area contributed by atoms with Crippen LogP contribution in [0.2, 0.25) is 5.02 Å². The van der Waals surface area contributed by atoms with Crippen molar-refractivity contribution in [2.24, 2.45) is 4.99 Å². The third-order valence-corrected chi connectivity index (χ3v) is 7.66. The molecule has 0 unspecified atom stereocenters. The van der Waals surface area contributed by atoms with E-state index in [1.165, 1.54) is 11.3 Å². The molecule has 1 aromatic heterocycles. The molecule has 0 bridgehead atoms. The van der Waals surface area contributed by atoms with Crippen molar-refractivity contribution < 1.29 is 19.0 Å². The van der Waals surface area contributed by atoms with Crippen LogP contribution in [-0.4, -0.2) is 30.4 Å². The van der Waals surface area contributed by atoms with E-state index < -0.39 is 12.0 Å². The molecule has 196 valence electrons. The highest BCUT2D eigenvalue weighted by Crippen LogP contribution is 2.35. The molecular weight excluding hydrogens is 536 g/mol. The van der Waals surface area contributed by atoms with Gasteiger partial charge in [0.05, 0.1) is 28.5 Å². The average molecular weight is 559 g/mol. The lowest BCUT2D eigenvalue weighted by atomic mass is 9.93. The Kier molecular flexibility index (Phi) is 6.81. The van der Waals surface area contributed by atoms with Gasteiger partial charge in [-0.2, -0.15) is 0 Å². The SMILES string of the molecule is CCOC(=O)C1=C(c2ccccc2)N=c2s/c(=C\c3ccc4c(c3)OCCO4)c(=O)n2[C@H]1c1ccc(Cl)cc1. The van der Waals surface area contributed by atoms with Crippen molar-refractivity contribution in [2.75, 3.05) is 19.8 Å². The van der Waals surface area contributed by atoms with E-state index in [1.54, 1.807) is 29.7 Å². The number of nitrogens with zero attached hydrogens (tertiary/aromatic N) is 2. The Labute approximate surface area is 232 Å². The van der Waals surface area contributed by atoms with Crippen LogP contribution in [0.25, 0.3) is 11.8 Å². The van der Waals surface area contributed by atoms with Gasteiger partial charge >= 0.3 is 5.97 Å². The maximum absolute atomic E-state index is 14.0. The van der Waals surface area contributed by atoms with E-state index in [0.29, 0.717) is 50.3 Å². The molecule has 0 spiro atoms. The molecule has 3 heterocycles. The lowest BCUT2D eigenvalue weighted by Gasteiger charge is -2.25. The normalized spacial score (nSPS) is 16.5. The summed E-state index contributed by atoms with van der Waals surface area (Å²) in [7, 11) is 0. The van der Waals surface area contributed by atoms with Gasteiger partial charge in [-0.1, -0.05) is 71.5 Å². The summed E-state index contributed by atoms with van der Waals surface area (Å²) in [5.74, 6) is 0.785. The van der Waals surface area contributed by atoms with Crippen molar-refractivity contribution in [2.45, 2.75) is 13.0 Å². The van der Waals surface area contributed by atoms with Crippen molar-refractivity contribution >= 4 is 40.7 Å². The highest BCUT2D eigenvalue weighted by Gasteiger charge is 2.35. The second kappa shape index (κ2) is 10.6. The van der Waals surface area contributed by atoms with Crippen LogP contribution in [0.5, 0.6) is 11.5 Å². The van der Waals surface area contributed by atoms with Gasteiger partial charge in [-0.05, 0) is 48.4 Å². The first-order valence-electron chi connectivity index (χ1n) is 12.5. The van der Waals surface area contributed by atoms with Crippen LogP contribution in [0.4, 0.5) is 0 Å². The maximum atomic E-state index is 14.0. The van der Waals surface area contributed by atoms with Gasteiger partial charge in [-0.15, -0.1) is 0 Å². The van der Waals surface area contributed by atoms with E-state index in [2.05, 4.69) is 0 Å². The molecule has 1 atom stereocenters. The number of halogens is 1. The highest BCUT2D eigenvalue weighted by atomic mass is 35.5. The lowest BCUT2D eigenvalue weighted by Crippen LogP contribution is -2.40. The fourth-order valence-electron chi connectivity index (χ4n) is 4.70. The van der Waals surface area contributed by atoms with Gasteiger partial charge in [0.1, 0.15) is 13.2 Å². The zero-order valence-corrected chi connectivity index (χ0v) is 22.5. The van der Waals surface area contributed by atoms with Crippen LogP contribution in [0.3, 0.4) is 0 Å². The summed E-state index contributed by atoms with van der Waals surface area (Å²) < 4.78 is 18.9. The molecule has 3 aromatic carbocycles. The molecule has 39 heavy (non-hydrogen) atoms. The number of ether oxygens (including phenoxy) is 3. The number of benzene rings is 3. The molecule has 7 nitrogen and oxygen atoms in total. The highest BCUT2D eigenvalue weighted by molar-refractivity contribution is 7.07. The van der Waals surface area contributed by atoms with Gasteiger partial charge in [0.2, 0.25) is 0 Å². The zero-order chi connectivity index (χ0) is 26.9. The quantitative estimate of drug-likeness (QED) is 0.340. The Morgan fingerprint density at radius 2 is 1.82 bits per heavy atom. The second-order valence-electron chi connectivity index (χ2n) is 8.89. The number of aromatic nitrogens is 1. The predicted octanol–water partition coefficient (Wildman–Crippen LogP) is 4.36. The second-order valence-corrected chi connectivity index (χ2v) is 10.3. The van der Waals surface area contributed by atoms with Crippen molar-refractivity contribution in [3.63, 3.8) is 0 Å². The van der Waals surface area contributed by atoms with Crippen LogP contribution in [0.1, 0.15) is 29.7 Å². The molecule has 0 aliphatic carbocycles. The third-order valence-electron chi connectivity index (χ3n) is 6.42. The van der Waals surface area contributed by atoms with E-state index in [9.17, 15) is 9.59 Å². The van der Waals surface area contributed by atoms with E-state index in [0.717, 1.165) is 16.7 Å². The molecule has 0 amide bonds. The Hall–Kier alpha value is -4.14. The topological polar surface area (TPSA) is 79.1 Å². The molecular formula is C30H23ClN2O5S. The molecule has 0 saturated heterocycles. The Morgan fingerprint density at radius 3 is 2.56 bits per heavy atom. The molecule has 0 radical (unpaired) electrons. The number of hydrogen-bond donors (Lipinski definition) is 0. The maximum Gasteiger partial charge on any atom is 0.338 e. The van der Waals surface area contributed by atoms with E-state index in [-0.39, 0.29) is 12.2 Å². The van der Waals surface area contributed by atoms with E-state index in [4.69, 9.17) is 30.8 Å². The minimum Gasteiger partial charge on any atom is -0.486 e. The summed E-state index contributed by atoms with van der Waals surface area (Å²) in [6, 6.07) is 21.4. The largest absolute Gasteiger partial charge is 0.486 e. The van der Waals surface area contributed by atoms with Crippen LogP contribution >= 0.6 is 22.9 Å². The molecule has 0 saturated carbocycles. The summed E-state index contributed by atoms with van der Waals surface area (Å²) in [6.07, 6.45) is 1.80. The standard InChI is InChI=1S/C30H23ClN2O5S/c1-2-36-29(35)25-26(19-6-4-3-5-7-19)32-30-33(27(25)20-9-11-21(31)12-10-20)28(34)24(39-30)17-18-8-13-22-23(16-18)38-15-14-37-22/h3-13,16-17,27H,2,14-15H2,1H3/b24-17-/t27-/m0/s1. The number of carbonyl (C=O) groups excluding carboxylic acids is 1. The minimum absolute atomic E-state index is 0.187. The number of fused-ring (bicyclic) bond motifs is 2. The van der Waals surface area contributed by atoms with Gasteiger partial charge < -0.3 is 14.2 Å². The lowest BCUT2D eigenvalue weighted by molar-refractivity contribution is -0.138. The van der Waals surface area contributed by atoms with Gasteiger partial charge in [-0.3, -0.25) is 9.36 Å². The minimum atomic E-state index is -0.754. The van der Waals surface area contributed by atoms with Crippen LogP contribution in [0.15, 0.2) is 88.2 Å². The fraction of sp³-hybridized carbons (Fsp3) is 0.167.